The van der Waals surface area contributed by atoms with Crippen molar-refractivity contribution in [3.05, 3.63) is 18.0 Å². The van der Waals surface area contributed by atoms with Gasteiger partial charge in [0.05, 0.1) is 6.61 Å². The van der Waals surface area contributed by atoms with Crippen LogP contribution in [-0.4, -0.2) is 42.8 Å². The fourth-order valence-corrected chi connectivity index (χ4v) is 1.47. The molecule has 0 fully saturated rings. The van der Waals surface area contributed by atoms with Gasteiger partial charge < -0.3 is 15.4 Å². The summed E-state index contributed by atoms with van der Waals surface area (Å²) in [6, 6.07) is 0.139. The normalized spacial score (nSPS) is 12.5. The molecule has 1 aromatic rings. The van der Waals surface area contributed by atoms with Crippen LogP contribution in [0.2, 0.25) is 0 Å². The van der Waals surface area contributed by atoms with Gasteiger partial charge in [0.25, 0.3) is 0 Å². The summed E-state index contributed by atoms with van der Waals surface area (Å²) in [7, 11) is 1.96. The highest BCUT2D eigenvalue weighted by molar-refractivity contribution is 5.28. The van der Waals surface area contributed by atoms with E-state index in [1.54, 1.807) is 0 Å². The maximum atomic E-state index is 5.72. The molecule has 17 heavy (non-hydrogen) atoms. The monoisotopic (exact) mass is 238 g/mol. The lowest BCUT2D eigenvalue weighted by atomic mass is 10.1. The highest BCUT2D eigenvalue weighted by atomic mass is 16.5. The molecule has 96 valence electrons. The molecule has 5 heteroatoms. The van der Waals surface area contributed by atoms with Crippen molar-refractivity contribution in [2.75, 3.05) is 31.7 Å². The molecule has 1 aromatic heterocycles. The van der Waals surface area contributed by atoms with Crippen LogP contribution in [0.1, 0.15) is 19.4 Å². The van der Waals surface area contributed by atoms with Crippen molar-refractivity contribution >= 4 is 5.95 Å². The first-order valence-electron chi connectivity index (χ1n) is 5.98. The third-order valence-electron chi connectivity index (χ3n) is 2.37. The van der Waals surface area contributed by atoms with Crippen LogP contribution >= 0.6 is 0 Å². The van der Waals surface area contributed by atoms with Crippen LogP contribution in [0.25, 0.3) is 0 Å². The van der Waals surface area contributed by atoms with Gasteiger partial charge in [-0.2, -0.15) is 0 Å². The van der Waals surface area contributed by atoms with Crippen LogP contribution in [0.4, 0.5) is 5.95 Å². The number of anilines is 1. The zero-order valence-corrected chi connectivity index (χ0v) is 10.9. The Morgan fingerprint density at radius 3 is 2.59 bits per heavy atom. The lowest BCUT2D eigenvalue weighted by Gasteiger charge is -2.16. The lowest BCUT2D eigenvalue weighted by Crippen LogP contribution is -2.25. The zero-order chi connectivity index (χ0) is 12.7. The fraction of sp³-hybridized carbons (Fsp3) is 0.667. The van der Waals surface area contributed by atoms with E-state index < -0.39 is 0 Å². The average molecular weight is 238 g/mol. The smallest absolute Gasteiger partial charge is 0.225 e. The summed E-state index contributed by atoms with van der Waals surface area (Å²) in [6.45, 7) is 6.18. The molecule has 1 unspecified atom stereocenters. The SMILES string of the molecule is CCOCCN(C)c1ncc(CC(C)N)cn1. The minimum atomic E-state index is 0.139. The van der Waals surface area contributed by atoms with Gasteiger partial charge in [0.2, 0.25) is 5.95 Å². The Balaban J connectivity index is 2.48. The molecular formula is C12H22N4O. The molecule has 1 heterocycles. The molecular weight excluding hydrogens is 216 g/mol. The first-order chi connectivity index (χ1) is 8.13. The van der Waals surface area contributed by atoms with E-state index in [0.717, 1.165) is 31.1 Å². The van der Waals surface area contributed by atoms with Crippen molar-refractivity contribution in [3.8, 4) is 0 Å². The topological polar surface area (TPSA) is 64.3 Å². The molecule has 0 saturated carbocycles. The maximum absolute atomic E-state index is 5.72. The van der Waals surface area contributed by atoms with Crippen LogP contribution in [0, 0.1) is 0 Å². The van der Waals surface area contributed by atoms with Crippen molar-refractivity contribution in [1.82, 2.24) is 9.97 Å². The molecule has 0 aliphatic carbocycles. The zero-order valence-electron chi connectivity index (χ0n) is 10.9. The molecule has 0 spiro atoms. The van der Waals surface area contributed by atoms with Crippen molar-refractivity contribution in [1.29, 1.82) is 0 Å². The molecule has 0 aliphatic rings. The van der Waals surface area contributed by atoms with Crippen molar-refractivity contribution in [2.24, 2.45) is 5.73 Å². The van der Waals surface area contributed by atoms with Gasteiger partial charge in [0.1, 0.15) is 0 Å². The Labute approximate surface area is 103 Å². The summed E-state index contributed by atoms with van der Waals surface area (Å²) >= 11 is 0. The Morgan fingerprint density at radius 1 is 1.41 bits per heavy atom. The van der Waals surface area contributed by atoms with Gasteiger partial charge in [0.15, 0.2) is 0 Å². The Morgan fingerprint density at radius 2 is 2.06 bits per heavy atom. The number of aromatic nitrogens is 2. The van der Waals surface area contributed by atoms with Crippen molar-refractivity contribution < 1.29 is 4.74 Å². The number of ether oxygens (including phenoxy) is 1. The number of nitrogens with zero attached hydrogens (tertiary/aromatic N) is 3. The Hall–Kier alpha value is -1.20. The van der Waals surface area contributed by atoms with Gasteiger partial charge in [-0.25, -0.2) is 9.97 Å². The highest BCUT2D eigenvalue weighted by Crippen LogP contribution is 2.06. The second-order valence-corrected chi connectivity index (χ2v) is 4.19. The summed E-state index contributed by atoms with van der Waals surface area (Å²) in [5.74, 6) is 0.720. The largest absolute Gasteiger partial charge is 0.380 e. The van der Waals surface area contributed by atoms with Gasteiger partial charge in [-0.3, -0.25) is 0 Å². The molecule has 1 atom stereocenters. The number of nitrogens with two attached hydrogens (primary N) is 1. The standard InChI is InChI=1S/C12H22N4O/c1-4-17-6-5-16(3)12-14-8-11(9-15-12)7-10(2)13/h8-10H,4-7,13H2,1-3H3. The van der Waals surface area contributed by atoms with E-state index in [4.69, 9.17) is 10.5 Å². The second kappa shape index (κ2) is 7.19. The maximum Gasteiger partial charge on any atom is 0.225 e. The Bertz CT molecular complexity index is 313. The van der Waals surface area contributed by atoms with Crippen molar-refractivity contribution in [3.63, 3.8) is 0 Å². The molecule has 0 amide bonds. The lowest BCUT2D eigenvalue weighted by molar-refractivity contribution is 0.154. The van der Waals surface area contributed by atoms with E-state index in [0.29, 0.717) is 6.61 Å². The molecule has 5 nitrogen and oxygen atoms in total. The molecule has 0 aromatic carbocycles. The number of likely N-dealkylation sites (N-methyl/N-ethyl adjacent to an activating group) is 1. The number of hydrogen-bond acceptors (Lipinski definition) is 5. The van der Waals surface area contributed by atoms with E-state index in [-0.39, 0.29) is 6.04 Å². The minimum absolute atomic E-state index is 0.139. The molecule has 2 N–H and O–H groups in total. The van der Waals surface area contributed by atoms with Gasteiger partial charge in [-0.15, -0.1) is 0 Å². The van der Waals surface area contributed by atoms with Crippen molar-refractivity contribution in [2.45, 2.75) is 26.3 Å². The first kappa shape index (κ1) is 13.9. The first-order valence-corrected chi connectivity index (χ1v) is 5.98. The predicted octanol–water partition coefficient (Wildman–Crippen LogP) is 0.839. The summed E-state index contributed by atoms with van der Waals surface area (Å²) in [5, 5.41) is 0. The number of hydrogen-bond donors (Lipinski definition) is 1. The van der Waals surface area contributed by atoms with Crippen LogP contribution in [-0.2, 0) is 11.2 Å². The van der Waals surface area contributed by atoms with Gasteiger partial charge >= 0.3 is 0 Å². The third kappa shape index (κ3) is 5.10. The van der Waals surface area contributed by atoms with E-state index in [9.17, 15) is 0 Å². The van der Waals surface area contributed by atoms with Crippen LogP contribution in [0.3, 0.4) is 0 Å². The third-order valence-corrected chi connectivity index (χ3v) is 2.37. The fourth-order valence-electron chi connectivity index (χ4n) is 1.47. The highest BCUT2D eigenvalue weighted by Gasteiger charge is 2.04. The van der Waals surface area contributed by atoms with Gasteiger partial charge in [-0.1, -0.05) is 0 Å². The van der Waals surface area contributed by atoms with E-state index in [1.807, 2.05) is 38.2 Å². The van der Waals surface area contributed by atoms with Crippen LogP contribution in [0.5, 0.6) is 0 Å². The predicted molar refractivity (Wildman–Crippen MR) is 69.1 cm³/mol. The summed E-state index contributed by atoms with van der Waals surface area (Å²) in [4.78, 5) is 10.6. The van der Waals surface area contributed by atoms with E-state index in [2.05, 4.69) is 9.97 Å². The second-order valence-electron chi connectivity index (χ2n) is 4.19. The minimum Gasteiger partial charge on any atom is -0.380 e. The van der Waals surface area contributed by atoms with Crippen LogP contribution < -0.4 is 10.6 Å². The molecule has 0 saturated heterocycles. The van der Waals surface area contributed by atoms with Gasteiger partial charge in [-0.05, 0) is 25.8 Å². The summed E-state index contributed by atoms with van der Waals surface area (Å²) < 4.78 is 5.29. The quantitative estimate of drug-likeness (QED) is 0.713. The molecule has 1 rings (SSSR count). The molecule has 0 radical (unpaired) electrons. The average Bonchev–Trinajstić information content (AvgIpc) is 2.29. The molecule has 0 aliphatic heterocycles. The Kier molecular flexibility index (Phi) is 5.86. The van der Waals surface area contributed by atoms with Gasteiger partial charge in [0, 0.05) is 38.6 Å². The van der Waals surface area contributed by atoms with E-state index in [1.165, 1.54) is 0 Å². The molecule has 0 bridgehead atoms. The number of rotatable bonds is 7. The van der Waals surface area contributed by atoms with E-state index >= 15 is 0 Å². The van der Waals surface area contributed by atoms with Crippen LogP contribution in [0.15, 0.2) is 12.4 Å². The summed E-state index contributed by atoms with van der Waals surface area (Å²) in [5.41, 5.74) is 6.79. The summed E-state index contributed by atoms with van der Waals surface area (Å²) in [6.07, 6.45) is 4.48.